The second-order valence-corrected chi connectivity index (χ2v) is 7.21. The number of piperidine rings is 1. The van der Waals surface area contributed by atoms with Gasteiger partial charge in [-0.1, -0.05) is 13.3 Å². The molecule has 1 aromatic heterocycles. The summed E-state index contributed by atoms with van der Waals surface area (Å²) in [7, 11) is -3.40. The van der Waals surface area contributed by atoms with Crippen molar-refractivity contribution in [1.29, 1.82) is 0 Å². The van der Waals surface area contributed by atoms with E-state index in [1.54, 1.807) is 12.3 Å². The Hall–Kier alpha value is -0.890. The Labute approximate surface area is 127 Å². The van der Waals surface area contributed by atoms with Gasteiger partial charge in [-0.15, -0.1) is 0 Å². The zero-order chi connectivity index (χ0) is 15.1. The summed E-state index contributed by atoms with van der Waals surface area (Å²) in [5.41, 5.74) is 0.883. The van der Waals surface area contributed by atoms with Crippen LogP contribution < -0.4 is 10.0 Å². The molecule has 6 nitrogen and oxygen atoms in total. The lowest BCUT2D eigenvalue weighted by Crippen LogP contribution is -2.37. The summed E-state index contributed by atoms with van der Waals surface area (Å²) < 4.78 is 27.1. The van der Waals surface area contributed by atoms with Crippen LogP contribution in [-0.2, 0) is 16.6 Å². The fourth-order valence-corrected chi connectivity index (χ4v) is 3.58. The van der Waals surface area contributed by atoms with Crippen LogP contribution in [0.2, 0.25) is 0 Å². The van der Waals surface area contributed by atoms with E-state index < -0.39 is 10.0 Å². The van der Waals surface area contributed by atoms with E-state index in [4.69, 9.17) is 0 Å². The van der Waals surface area contributed by atoms with Crippen LogP contribution in [0, 0.1) is 0 Å². The van der Waals surface area contributed by atoms with Crippen molar-refractivity contribution in [3.8, 4) is 0 Å². The van der Waals surface area contributed by atoms with E-state index in [0.717, 1.165) is 31.9 Å². The van der Waals surface area contributed by atoms with Crippen LogP contribution in [0.25, 0.3) is 0 Å². The normalized spacial score (nSPS) is 17.2. The molecule has 7 heteroatoms. The molecule has 0 unspecified atom stereocenters. The Bertz CT molecular complexity index is 521. The predicted octanol–water partition coefficient (Wildman–Crippen LogP) is 0.888. The van der Waals surface area contributed by atoms with Crippen LogP contribution in [0.4, 0.5) is 0 Å². The number of nitrogens with zero attached hydrogens (tertiary/aromatic N) is 1. The van der Waals surface area contributed by atoms with Crippen LogP contribution in [0.3, 0.4) is 0 Å². The molecule has 2 heterocycles. The fraction of sp³-hybridized carbons (Fsp3) is 0.714. The molecule has 1 fully saturated rings. The summed E-state index contributed by atoms with van der Waals surface area (Å²) in [6, 6.07) is 1.69. The molecular weight excluding hydrogens is 288 g/mol. The molecule has 1 aliphatic rings. The molecule has 120 valence electrons. The molecule has 0 bridgehead atoms. The Morgan fingerprint density at radius 1 is 1.29 bits per heavy atom. The molecule has 0 atom stereocenters. The summed E-state index contributed by atoms with van der Waals surface area (Å²) in [6.45, 7) is 6.94. The number of likely N-dealkylation sites (tertiary alicyclic amines) is 1. The summed E-state index contributed by atoms with van der Waals surface area (Å²) in [6.07, 6.45) is 5.28. The summed E-state index contributed by atoms with van der Waals surface area (Å²) >= 11 is 0. The average molecular weight is 314 g/mol. The minimum absolute atomic E-state index is 0.314. The van der Waals surface area contributed by atoms with Gasteiger partial charge in [0.25, 0.3) is 0 Å². The molecule has 0 saturated carbocycles. The molecule has 1 aromatic rings. The van der Waals surface area contributed by atoms with E-state index in [0.29, 0.717) is 18.0 Å². The van der Waals surface area contributed by atoms with Gasteiger partial charge >= 0.3 is 0 Å². The van der Waals surface area contributed by atoms with Gasteiger partial charge in [-0.3, -0.25) is 0 Å². The minimum Gasteiger partial charge on any atom is -0.363 e. The lowest BCUT2D eigenvalue weighted by Gasteiger charge is -2.26. The maximum absolute atomic E-state index is 12.2. The van der Waals surface area contributed by atoms with Gasteiger partial charge in [0, 0.05) is 31.5 Å². The molecule has 21 heavy (non-hydrogen) atoms. The zero-order valence-corrected chi connectivity index (χ0v) is 13.5. The number of hydrogen-bond acceptors (Lipinski definition) is 4. The highest BCUT2D eigenvalue weighted by molar-refractivity contribution is 7.89. The van der Waals surface area contributed by atoms with E-state index in [1.165, 1.54) is 19.3 Å². The lowest BCUT2D eigenvalue weighted by molar-refractivity contribution is 0.233. The SMILES string of the molecule is CCNCc1cc(S(=O)(=O)NCCN2CCCCC2)c[nH]1. The van der Waals surface area contributed by atoms with Crippen molar-refractivity contribution in [3.05, 3.63) is 18.0 Å². The molecule has 2 rings (SSSR count). The van der Waals surface area contributed by atoms with Gasteiger partial charge in [0.15, 0.2) is 0 Å². The number of sulfonamides is 1. The summed E-state index contributed by atoms with van der Waals surface area (Å²) in [4.78, 5) is 5.63. The van der Waals surface area contributed by atoms with Crippen molar-refractivity contribution >= 4 is 10.0 Å². The monoisotopic (exact) mass is 314 g/mol. The zero-order valence-electron chi connectivity index (χ0n) is 12.7. The summed E-state index contributed by atoms with van der Waals surface area (Å²) in [5.74, 6) is 0. The van der Waals surface area contributed by atoms with E-state index in [2.05, 4.69) is 19.9 Å². The molecule has 0 radical (unpaired) electrons. The molecule has 0 aromatic carbocycles. The fourth-order valence-electron chi connectivity index (χ4n) is 2.54. The Balaban J connectivity index is 1.81. The first-order valence-corrected chi connectivity index (χ1v) is 9.20. The van der Waals surface area contributed by atoms with E-state index in [1.807, 2.05) is 6.92 Å². The average Bonchev–Trinajstić information content (AvgIpc) is 2.96. The van der Waals surface area contributed by atoms with E-state index >= 15 is 0 Å². The molecular formula is C14H26N4O2S. The van der Waals surface area contributed by atoms with Gasteiger partial charge in [-0.25, -0.2) is 13.1 Å². The first-order chi connectivity index (χ1) is 10.1. The number of rotatable bonds is 8. The molecule has 1 aliphatic heterocycles. The van der Waals surface area contributed by atoms with E-state index in [-0.39, 0.29) is 0 Å². The smallest absolute Gasteiger partial charge is 0.242 e. The Morgan fingerprint density at radius 2 is 2.05 bits per heavy atom. The highest BCUT2D eigenvalue weighted by Crippen LogP contribution is 2.11. The highest BCUT2D eigenvalue weighted by Gasteiger charge is 2.16. The predicted molar refractivity (Wildman–Crippen MR) is 83.7 cm³/mol. The molecule has 0 spiro atoms. The molecule has 3 N–H and O–H groups in total. The van der Waals surface area contributed by atoms with Crippen LogP contribution in [0.15, 0.2) is 17.2 Å². The number of nitrogens with one attached hydrogen (secondary N) is 3. The number of H-pyrrole nitrogens is 1. The maximum Gasteiger partial charge on any atom is 0.242 e. The van der Waals surface area contributed by atoms with E-state index in [9.17, 15) is 8.42 Å². The van der Waals surface area contributed by atoms with Crippen molar-refractivity contribution in [2.75, 3.05) is 32.7 Å². The van der Waals surface area contributed by atoms with Crippen LogP contribution in [-0.4, -0.2) is 51.0 Å². The second kappa shape index (κ2) is 7.93. The first kappa shape index (κ1) is 16.5. The largest absolute Gasteiger partial charge is 0.363 e. The lowest BCUT2D eigenvalue weighted by atomic mass is 10.1. The standard InChI is InChI=1S/C14H26N4O2S/c1-2-15-11-13-10-14(12-16-13)21(19,20)17-6-9-18-7-4-3-5-8-18/h10,12,15-17H,2-9,11H2,1H3. The van der Waals surface area contributed by atoms with Crippen LogP contribution in [0.1, 0.15) is 31.9 Å². The van der Waals surface area contributed by atoms with Gasteiger partial charge in [-0.2, -0.15) is 0 Å². The topological polar surface area (TPSA) is 77.2 Å². The highest BCUT2D eigenvalue weighted by atomic mass is 32.2. The maximum atomic E-state index is 12.2. The molecule has 0 amide bonds. The van der Waals surface area contributed by atoms with Crippen molar-refractivity contribution < 1.29 is 8.42 Å². The third-order valence-corrected chi connectivity index (χ3v) is 5.20. The van der Waals surface area contributed by atoms with Crippen molar-refractivity contribution in [1.82, 2.24) is 19.9 Å². The molecule has 0 aliphatic carbocycles. The quantitative estimate of drug-likeness (QED) is 0.666. The second-order valence-electron chi connectivity index (χ2n) is 5.44. The molecule has 1 saturated heterocycles. The van der Waals surface area contributed by atoms with Crippen molar-refractivity contribution in [2.45, 2.75) is 37.6 Å². The van der Waals surface area contributed by atoms with Gasteiger partial charge in [0.2, 0.25) is 10.0 Å². The number of aromatic amines is 1. The van der Waals surface area contributed by atoms with Gasteiger partial charge in [0.05, 0.1) is 4.90 Å². The van der Waals surface area contributed by atoms with Gasteiger partial charge in [-0.05, 0) is 38.5 Å². The Kier molecular flexibility index (Phi) is 6.22. The third kappa shape index (κ3) is 5.10. The van der Waals surface area contributed by atoms with Gasteiger partial charge in [0.1, 0.15) is 0 Å². The Morgan fingerprint density at radius 3 is 2.76 bits per heavy atom. The summed E-state index contributed by atoms with van der Waals surface area (Å²) in [5, 5.41) is 3.16. The van der Waals surface area contributed by atoms with Crippen LogP contribution >= 0.6 is 0 Å². The van der Waals surface area contributed by atoms with Gasteiger partial charge < -0.3 is 15.2 Å². The first-order valence-electron chi connectivity index (χ1n) is 7.72. The van der Waals surface area contributed by atoms with Crippen molar-refractivity contribution in [2.24, 2.45) is 0 Å². The van der Waals surface area contributed by atoms with Crippen molar-refractivity contribution in [3.63, 3.8) is 0 Å². The number of aromatic nitrogens is 1. The number of hydrogen-bond donors (Lipinski definition) is 3. The van der Waals surface area contributed by atoms with Crippen LogP contribution in [0.5, 0.6) is 0 Å². The third-order valence-electron chi connectivity index (χ3n) is 3.76. The minimum atomic E-state index is -3.40.